The smallest absolute Gasteiger partial charge is 0.223 e. The largest absolute Gasteiger partial charge is 0.378 e. The van der Waals surface area contributed by atoms with Crippen molar-refractivity contribution in [2.45, 2.75) is 25.8 Å². The maximum atomic E-state index is 13.6. The lowest BCUT2D eigenvalue weighted by Gasteiger charge is -2.35. The summed E-state index contributed by atoms with van der Waals surface area (Å²) in [4.78, 5) is 24.9. The number of piperazine rings is 1. The number of anilines is 1. The third-order valence-corrected chi connectivity index (χ3v) is 7.28. The molecule has 2 aromatic carbocycles. The van der Waals surface area contributed by atoms with Crippen LogP contribution in [0.1, 0.15) is 34.7 Å². The SMILES string of the molecule is Cc1cccn2c(C(CC(=O)N3CCN(Cc4ccccc4)CC3)c3ccc(N(C)C)cc3)cnc12. The molecule has 1 fully saturated rings. The van der Waals surface area contributed by atoms with Gasteiger partial charge in [-0.15, -0.1) is 0 Å². The van der Waals surface area contributed by atoms with Crippen LogP contribution in [0.3, 0.4) is 0 Å². The molecule has 0 radical (unpaired) electrons. The highest BCUT2D eigenvalue weighted by Gasteiger charge is 2.27. The van der Waals surface area contributed by atoms with E-state index in [1.165, 1.54) is 5.56 Å². The molecule has 0 spiro atoms. The van der Waals surface area contributed by atoms with E-state index < -0.39 is 0 Å². The van der Waals surface area contributed by atoms with Crippen molar-refractivity contribution in [2.24, 2.45) is 0 Å². The number of carbonyl (C=O) groups is 1. The summed E-state index contributed by atoms with van der Waals surface area (Å²) in [5, 5.41) is 0. The molecule has 1 unspecified atom stereocenters. The van der Waals surface area contributed by atoms with Crippen molar-refractivity contribution in [3.05, 3.63) is 102 Å². The van der Waals surface area contributed by atoms with E-state index in [-0.39, 0.29) is 11.8 Å². The first-order valence-corrected chi connectivity index (χ1v) is 12.7. The van der Waals surface area contributed by atoms with Crippen LogP contribution in [0.2, 0.25) is 0 Å². The minimum Gasteiger partial charge on any atom is -0.378 e. The molecule has 1 atom stereocenters. The summed E-state index contributed by atoms with van der Waals surface area (Å²) in [5.74, 6) is 0.145. The number of imidazole rings is 1. The molecule has 36 heavy (non-hydrogen) atoms. The van der Waals surface area contributed by atoms with Gasteiger partial charge in [-0.2, -0.15) is 0 Å². The molecule has 0 bridgehead atoms. The number of benzene rings is 2. The lowest BCUT2D eigenvalue weighted by atomic mass is 9.91. The van der Waals surface area contributed by atoms with Gasteiger partial charge in [0.2, 0.25) is 5.91 Å². The normalized spacial score (nSPS) is 15.2. The number of aryl methyl sites for hydroxylation is 1. The highest BCUT2D eigenvalue weighted by molar-refractivity contribution is 5.78. The summed E-state index contributed by atoms with van der Waals surface area (Å²) in [6.45, 7) is 6.35. The Kier molecular flexibility index (Phi) is 7.05. The maximum Gasteiger partial charge on any atom is 0.223 e. The quantitative estimate of drug-likeness (QED) is 0.388. The molecule has 2 aromatic heterocycles. The molecular weight excluding hydrogens is 446 g/mol. The topological polar surface area (TPSA) is 44.1 Å². The zero-order valence-electron chi connectivity index (χ0n) is 21.5. The maximum absolute atomic E-state index is 13.6. The van der Waals surface area contributed by atoms with E-state index in [1.807, 2.05) is 31.3 Å². The van der Waals surface area contributed by atoms with E-state index in [2.05, 4.69) is 88.0 Å². The number of hydrogen-bond acceptors (Lipinski definition) is 4. The molecule has 1 amide bonds. The van der Waals surface area contributed by atoms with Gasteiger partial charge >= 0.3 is 0 Å². The van der Waals surface area contributed by atoms with Crippen molar-refractivity contribution in [1.29, 1.82) is 0 Å². The van der Waals surface area contributed by atoms with E-state index in [0.29, 0.717) is 6.42 Å². The Morgan fingerprint density at radius 3 is 2.36 bits per heavy atom. The predicted molar refractivity (Wildman–Crippen MR) is 145 cm³/mol. The molecule has 1 aliphatic heterocycles. The summed E-state index contributed by atoms with van der Waals surface area (Å²) in [6.07, 6.45) is 4.43. The van der Waals surface area contributed by atoms with Gasteiger partial charge < -0.3 is 14.2 Å². The van der Waals surface area contributed by atoms with E-state index in [0.717, 1.165) is 60.9 Å². The van der Waals surface area contributed by atoms with Crippen molar-refractivity contribution in [3.8, 4) is 0 Å². The van der Waals surface area contributed by atoms with Crippen LogP contribution in [-0.4, -0.2) is 65.4 Å². The number of rotatable bonds is 7. The second kappa shape index (κ2) is 10.5. The van der Waals surface area contributed by atoms with Crippen LogP contribution >= 0.6 is 0 Å². The van der Waals surface area contributed by atoms with Crippen LogP contribution in [0, 0.1) is 6.92 Å². The average molecular weight is 482 g/mol. The first-order chi connectivity index (χ1) is 17.5. The van der Waals surface area contributed by atoms with Gasteiger partial charge in [-0.3, -0.25) is 9.69 Å². The molecule has 5 rings (SSSR count). The average Bonchev–Trinajstić information content (AvgIpc) is 3.33. The lowest BCUT2D eigenvalue weighted by molar-refractivity contribution is -0.133. The summed E-state index contributed by atoms with van der Waals surface area (Å²) in [6, 6.07) is 23.2. The molecule has 0 saturated carbocycles. The van der Waals surface area contributed by atoms with Crippen LogP contribution in [0.25, 0.3) is 5.65 Å². The fourth-order valence-electron chi connectivity index (χ4n) is 5.13. The van der Waals surface area contributed by atoms with E-state index in [9.17, 15) is 4.79 Å². The molecule has 6 heteroatoms. The molecule has 3 heterocycles. The lowest BCUT2D eigenvalue weighted by Crippen LogP contribution is -2.48. The Balaban J connectivity index is 1.34. The molecule has 4 aromatic rings. The van der Waals surface area contributed by atoms with Crippen LogP contribution < -0.4 is 4.90 Å². The van der Waals surface area contributed by atoms with E-state index >= 15 is 0 Å². The summed E-state index contributed by atoms with van der Waals surface area (Å²) in [7, 11) is 4.08. The number of carbonyl (C=O) groups excluding carboxylic acids is 1. The van der Waals surface area contributed by atoms with Gasteiger partial charge in [-0.1, -0.05) is 48.5 Å². The number of hydrogen-bond donors (Lipinski definition) is 0. The monoisotopic (exact) mass is 481 g/mol. The standard InChI is InChI=1S/C30H35N5O/c1-23-8-7-15-35-28(21-31-30(23)35)27(25-11-13-26(14-12-25)32(2)3)20-29(36)34-18-16-33(17-19-34)22-24-9-5-4-6-10-24/h4-15,21,27H,16-20,22H2,1-3H3. The summed E-state index contributed by atoms with van der Waals surface area (Å²) in [5.41, 5.74) is 6.74. The zero-order valence-corrected chi connectivity index (χ0v) is 21.5. The summed E-state index contributed by atoms with van der Waals surface area (Å²) < 4.78 is 2.14. The van der Waals surface area contributed by atoms with Gasteiger partial charge in [-0.25, -0.2) is 4.98 Å². The predicted octanol–water partition coefficient (Wildman–Crippen LogP) is 4.58. The van der Waals surface area contributed by atoms with Gasteiger partial charge in [0, 0.05) is 77.2 Å². The third kappa shape index (κ3) is 5.14. The Hall–Kier alpha value is -3.64. The molecule has 1 aliphatic rings. The van der Waals surface area contributed by atoms with Crippen molar-refractivity contribution >= 4 is 17.2 Å². The third-order valence-electron chi connectivity index (χ3n) is 7.28. The number of fused-ring (bicyclic) bond motifs is 1. The minimum atomic E-state index is -0.0622. The van der Waals surface area contributed by atoms with E-state index in [1.54, 1.807) is 0 Å². The Morgan fingerprint density at radius 2 is 1.67 bits per heavy atom. The molecule has 0 aliphatic carbocycles. The second-order valence-electron chi connectivity index (χ2n) is 9.95. The van der Waals surface area contributed by atoms with Crippen molar-refractivity contribution in [2.75, 3.05) is 45.2 Å². The minimum absolute atomic E-state index is 0.0622. The molecular formula is C30H35N5O. The van der Waals surface area contributed by atoms with Crippen LogP contribution in [0.5, 0.6) is 0 Å². The second-order valence-corrected chi connectivity index (χ2v) is 9.95. The van der Waals surface area contributed by atoms with Gasteiger partial charge in [0.15, 0.2) is 0 Å². The zero-order chi connectivity index (χ0) is 25.1. The highest BCUT2D eigenvalue weighted by Crippen LogP contribution is 2.31. The highest BCUT2D eigenvalue weighted by atomic mass is 16.2. The van der Waals surface area contributed by atoms with Crippen molar-refractivity contribution in [3.63, 3.8) is 0 Å². The van der Waals surface area contributed by atoms with Crippen LogP contribution in [-0.2, 0) is 11.3 Å². The summed E-state index contributed by atoms with van der Waals surface area (Å²) >= 11 is 0. The van der Waals surface area contributed by atoms with Crippen molar-refractivity contribution in [1.82, 2.24) is 19.2 Å². The number of aromatic nitrogens is 2. The molecule has 186 valence electrons. The Morgan fingerprint density at radius 1 is 0.944 bits per heavy atom. The Bertz CT molecular complexity index is 1300. The van der Waals surface area contributed by atoms with Gasteiger partial charge in [0.1, 0.15) is 5.65 Å². The van der Waals surface area contributed by atoms with Crippen LogP contribution in [0.4, 0.5) is 5.69 Å². The van der Waals surface area contributed by atoms with Crippen molar-refractivity contribution < 1.29 is 4.79 Å². The fourth-order valence-corrected chi connectivity index (χ4v) is 5.13. The van der Waals surface area contributed by atoms with Gasteiger partial charge in [0.25, 0.3) is 0 Å². The first kappa shape index (κ1) is 24.1. The first-order valence-electron chi connectivity index (χ1n) is 12.7. The van der Waals surface area contributed by atoms with Gasteiger partial charge in [-0.05, 0) is 41.8 Å². The molecule has 6 nitrogen and oxygen atoms in total. The molecule has 0 N–H and O–H groups in total. The number of pyridine rings is 1. The molecule has 1 saturated heterocycles. The Labute approximate surface area is 213 Å². The van der Waals surface area contributed by atoms with Crippen LogP contribution in [0.15, 0.2) is 79.1 Å². The van der Waals surface area contributed by atoms with E-state index in [4.69, 9.17) is 4.98 Å². The number of amides is 1. The fraction of sp³-hybridized carbons (Fsp3) is 0.333. The van der Waals surface area contributed by atoms with Gasteiger partial charge in [0.05, 0.1) is 5.69 Å². The number of nitrogens with zero attached hydrogens (tertiary/aromatic N) is 5.